The van der Waals surface area contributed by atoms with Crippen molar-refractivity contribution in [2.75, 3.05) is 11.9 Å². The molecule has 0 spiro atoms. The van der Waals surface area contributed by atoms with Crippen LogP contribution in [0.25, 0.3) is 0 Å². The minimum absolute atomic E-state index is 0.435. The van der Waals surface area contributed by atoms with Gasteiger partial charge in [0.25, 0.3) is 0 Å². The maximum absolute atomic E-state index is 11.9. The summed E-state index contributed by atoms with van der Waals surface area (Å²) in [5, 5.41) is 0.644. The van der Waals surface area contributed by atoms with Crippen molar-refractivity contribution in [3.05, 3.63) is 40.9 Å². The summed E-state index contributed by atoms with van der Waals surface area (Å²) in [5.74, 6) is 0.527. The number of rotatable bonds is 2. The zero-order chi connectivity index (χ0) is 13.1. The summed E-state index contributed by atoms with van der Waals surface area (Å²) >= 11 is 1.48. The molecule has 0 atom stereocenters. The first-order valence-corrected chi connectivity index (χ1v) is 6.34. The number of amides is 1. The lowest BCUT2D eigenvalue weighted by atomic mass is 10.3. The number of hydrogen-bond acceptors (Lipinski definition) is 4. The van der Waals surface area contributed by atoms with Crippen LogP contribution in [0.15, 0.2) is 30.3 Å². The second-order valence-corrected chi connectivity index (χ2v) is 5.06. The maximum Gasteiger partial charge on any atom is 0.421 e. The molecule has 1 aromatic heterocycles. The molecular formula is C13H14N2O2S. The van der Waals surface area contributed by atoms with Crippen LogP contribution in [0.4, 0.5) is 9.93 Å². The van der Waals surface area contributed by atoms with Crippen LogP contribution in [-0.2, 0) is 0 Å². The molecule has 0 fully saturated rings. The van der Waals surface area contributed by atoms with Crippen LogP contribution < -0.4 is 9.64 Å². The average Bonchev–Trinajstić information content (AvgIpc) is 2.70. The number of hydrogen-bond donors (Lipinski definition) is 0. The Bertz CT molecular complexity index is 532. The Kier molecular flexibility index (Phi) is 3.62. The lowest BCUT2D eigenvalue weighted by molar-refractivity contribution is 0.209. The first-order chi connectivity index (χ1) is 8.58. The summed E-state index contributed by atoms with van der Waals surface area (Å²) in [6.07, 6.45) is -0.435. The van der Waals surface area contributed by atoms with Gasteiger partial charge in [0.1, 0.15) is 5.75 Å². The summed E-state index contributed by atoms with van der Waals surface area (Å²) in [7, 11) is 1.66. The second-order valence-electron chi connectivity index (χ2n) is 3.88. The molecule has 0 N–H and O–H groups in total. The van der Waals surface area contributed by atoms with Crippen LogP contribution in [0.3, 0.4) is 0 Å². The Hall–Kier alpha value is -1.88. The number of para-hydroxylation sites is 1. The van der Waals surface area contributed by atoms with E-state index >= 15 is 0 Å². The number of thiazole rings is 1. The predicted molar refractivity (Wildman–Crippen MR) is 72.5 cm³/mol. The fraction of sp³-hybridized carbons (Fsp3) is 0.231. The summed E-state index contributed by atoms with van der Waals surface area (Å²) in [6.45, 7) is 3.90. The molecule has 94 valence electrons. The van der Waals surface area contributed by atoms with Crippen molar-refractivity contribution in [1.82, 2.24) is 4.98 Å². The van der Waals surface area contributed by atoms with Crippen molar-refractivity contribution in [3.8, 4) is 5.75 Å². The Labute approximate surface area is 110 Å². The largest absolute Gasteiger partial charge is 0.421 e. The molecule has 5 heteroatoms. The van der Waals surface area contributed by atoms with Gasteiger partial charge in [0.15, 0.2) is 5.13 Å². The zero-order valence-corrected chi connectivity index (χ0v) is 11.3. The van der Waals surface area contributed by atoms with Crippen molar-refractivity contribution >= 4 is 22.6 Å². The number of anilines is 1. The highest BCUT2D eigenvalue weighted by atomic mass is 32.1. The monoisotopic (exact) mass is 262 g/mol. The molecule has 0 aliphatic heterocycles. The van der Waals surface area contributed by atoms with Gasteiger partial charge in [-0.3, -0.25) is 4.90 Å². The van der Waals surface area contributed by atoms with Crippen LogP contribution in [0, 0.1) is 13.8 Å². The molecule has 0 saturated carbocycles. The first kappa shape index (κ1) is 12.6. The molecule has 0 bridgehead atoms. The first-order valence-electron chi connectivity index (χ1n) is 5.52. The van der Waals surface area contributed by atoms with Crippen molar-refractivity contribution in [2.24, 2.45) is 0 Å². The molecule has 1 heterocycles. The molecule has 0 radical (unpaired) electrons. The SMILES string of the molecule is Cc1nc(N(C)C(=O)Oc2ccccc2)sc1C. The van der Waals surface area contributed by atoms with E-state index in [0.717, 1.165) is 10.6 Å². The van der Waals surface area contributed by atoms with E-state index in [9.17, 15) is 4.79 Å². The maximum atomic E-state index is 11.9. The fourth-order valence-corrected chi connectivity index (χ4v) is 2.20. The van der Waals surface area contributed by atoms with Gasteiger partial charge in [-0.2, -0.15) is 0 Å². The van der Waals surface area contributed by atoms with E-state index < -0.39 is 6.09 Å². The highest BCUT2D eigenvalue weighted by Gasteiger charge is 2.17. The highest BCUT2D eigenvalue weighted by molar-refractivity contribution is 7.15. The Morgan fingerprint density at radius 3 is 2.50 bits per heavy atom. The lowest BCUT2D eigenvalue weighted by Crippen LogP contribution is -2.29. The molecule has 0 unspecified atom stereocenters. The Balaban J connectivity index is 2.09. The molecule has 0 aliphatic carbocycles. The Morgan fingerprint density at radius 1 is 1.28 bits per heavy atom. The van der Waals surface area contributed by atoms with E-state index in [1.807, 2.05) is 32.0 Å². The van der Waals surface area contributed by atoms with Gasteiger partial charge in [-0.25, -0.2) is 9.78 Å². The van der Waals surface area contributed by atoms with E-state index in [2.05, 4.69) is 4.98 Å². The van der Waals surface area contributed by atoms with Crippen LogP contribution in [0.2, 0.25) is 0 Å². The molecule has 0 saturated heterocycles. The van der Waals surface area contributed by atoms with Crippen LogP contribution in [-0.4, -0.2) is 18.1 Å². The van der Waals surface area contributed by atoms with E-state index in [1.54, 1.807) is 19.2 Å². The molecule has 1 amide bonds. The molecule has 0 aliphatic rings. The van der Waals surface area contributed by atoms with E-state index in [-0.39, 0.29) is 0 Å². The van der Waals surface area contributed by atoms with Gasteiger partial charge in [-0.15, -0.1) is 11.3 Å². The molecular weight excluding hydrogens is 248 g/mol. The standard InChI is InChI=1S/C13H14N2O2S/c1-9-10(2)18-12(14-9)15(3)13(16)17-11-7-5-4-6-8-11/h4-8H,1-3H3. The molecule has 2 rings (SSSR count). The smallest absolute Gasteiger partial charge is 0.410 e. The van der Waals surface area contributed by atoms with E-state index in [1.165, 1.54) is 16.2 Å². The molecule has 1 aromatic carbocycles. The van der Waals surface area contributed by atoms with E-state index in [4.69, 9.17) is 4.74 Å². The third-order valence-electron chi connectivity index (χ3n) is 2.53. The van der Waals surface area contributed by atoms with Crippen molar-refractivity contribution < 1.29 is 9.53 Å². The summed E-state index contributed by atoms with van der Waals surface area (Å²) in [6, 6.07) is 8.99. The Morgan fingerprint density at radius 2 is 1.94 bits per heavy atom. The van der Waals surface area contributed by atoms with Crippen LogP contribution in [0.1, 0.15) is 10.6 Å². The summed E-state index contributed by atoms with van der Waals surface area (Å²) < 4.78 is 5.23. The lowest BCUT2D eigenvalue weighted by Gasteiger charge is -2.13. The van der Waals surface area contributed by atoms with E-state index in [0.29, 0.717) is 10.9 Å². The second kappa shape index (κ2) is 5.18. The van der Waals surface area contributed by atoms with Gasteiger partial charge < -0.3 is 4.74 Å². The van der Waals surface area contributed by atoms with Gasteiger partial charge in [0.2, 0.25) is 0 Å². The third-order valence-corrected chi connectivity index (χ3v) is 3.68. The quantitative estimate of drug-likeness (QED) is 0.833. The third kappa shape index (κ3) is 2.68. The summed E-state index contributed by atoms with van der Waals surface area (Å²) in [5.41, 5.74) is 0.939. The number of aromatic nitrogens is 1. The number of benzene rings is 1. The number of nitrogens with zero attached hydrogens (tertiary/aromatic N) is 2. The topological polar surface area (TPSA) is 42.4 Å². The van der Waals surface area contributed by atoms with Gasteiger partial charge in [-0.1, -0.05) is 18.2 Å². The number of aryl methyl sites for hydroxylation is 2. The normalized spacial score (nSPS) is 10.2. The molecule has 2 aromatic rings. The van der Waals surface area contributed by atoms with Gasteiger partial charge >= 0.3 is 6.09 Å². The van der Waals surface area contributed by atoms with Crippen molar-refractivity contribution in [3.63, 3.8) is 0 Å². The number of ether oxygens (including phenoxy) is 1. The van der Waals surface area contributed by atoms with Crippen LogP contribution >= 0.6 is 11.3 Å². The van der Waals surface area contributed by atoms with Gasteiger partial charge in [-0.05, 0) is 26.0 Å². The minimum atomic E-state index is -0.435. The number of carbonyl (C=O) groups is 1. The predicted octanol–water partition coefficient (Wildman–Crippen LogP) is 3.40. The average molecular weight is 262 g/mol. The highest BCUT2D eigenvalue weighted by Crippen LogP contribution is 2.24. The van der Waals surface area contributed by atoms with Gasteiger partial charge in [0.05, 0.1) is 5.69 Å². The zero-order valence-electron chi connectivity index (χ0n) is 10.5. The fourth-order valence-electron chi connectivity index (χ4n) is 1.34. The van der Waals surface area contributed by atoms with Crippen molar-refractivity contribution in [2.45, 2.75) is 13.8 Å². The minimum Gasteiger partial charge on any atom is -0.410 e. The molecule has 18 heavy (non-hydrogen) atoms. The van der Waals surface area contributed by atoms with Crippen LogP contribution in [0.5, 0.6) is 5.75 Å². The number of carbonyl (C=O) groups excluding carboxylic acids is 1. The van der Waals surface area contributed by atoms with Crippen molar-refractivity contribution in [1.29, 1.82) is 0 Å². The van der Waals surface area contributed by atoms with Gasteiger partial charge in [0, 0.05) is 11.9 Å². The molecule has 4 nitrogen and oxygen atoms in total. The summed E-state index contributed by atoms with van der Waals surface area (Å²) in [4.78, 5) is 18.7.